The maximum absolute atomic E-state index is 5.42. The molecule has 0 aromatic rings. The second-order valence-corrected chi connectivity index (χ2v) is 4.93. The molecule has 3 nitrogen and oxygen atoms in total. The van der Waals surface area contributed by atoms with E-state index in [9.17, 15) is 0 Å². The molecule has 0 saturated heterocycles. The summed E-state index contributed by atoms with van der Waals surface area (Å²) in [7, 11) is 1.70. The lowest BCUT2D eigenvalue weighted by Crippen LogP contribution is -2.23. The molecule has 0 heterocycles. The summed E-state index contributed by atoms with van der Waals surface area (Å²) in [5, 5.41) is 3.57. The Labute approximate surface area is 114 Å². The second kappa shape index (κ2) is 14.9. The first-order valence-electron chi connectivity index (χ1n) is 7.62. The van der Waals surface area contributed by atoms with Gasteiger partial charge in [0.05, 0.1) is 13.2 Å². The Bertz CT molecular complexity index is 153. The van der Waals surface area contributed by atoms with Gasteiger partial charge in [0.15, 0.2) is 0 Å². The fourth-order valence-corrected chi connectivity index (χ4v) is 1.95. The van der Waals surface area contributed by atoms with E-state index in [-0.39, 0.29) is 0 Å². The molecule has 18 heavy (non-hydrogen) atoms. The highest BCUT2D eigenvalue weighted by molar-refractivity contribution is 4.60. The second-order valence-electron chi connectivity index (χ2n) is 4.93. The largest absolute Gasteiger partial charge is 0.382 e. The van der Waals surface area contributed by atoms with Crippen molar-refractivity contribution in [1.29, 1.82) is 0 Å². The Morgan fingerprint density at radius 3 is 2.50 bits per heavy atom. The standard InChI is InChI=1S/C15H33NO2/c1-4-6-9-15(5-2)14-16-10-7-8-11-18-13-12-17-3/h15-16H,4-14H2,1-3H3. The predicted molar refractivity (Wildman–Crippen MR) is 78.1 cm³/mol. The third-order valence-electron chi connectivity index (χ3n) is 3.30. The highest BCUT2D eigenvalue weighted by atomic mass is 16.5. The average molecular weight is 259 g/mol. The summed E-state index contributed by atoms with van der Waals surface area (Å²) in [4.78, 5) is 0. The van der Waals surface area contributed by atoms with E-state index in [1.165, 1.54) is 38.6 Å². The van der Waals surface area contributed by atoms with E-state index in [1.807, 2.05) is 0 Å². The highest BCUT2D eigenvalue weighted by Crippen LogP contribution is 2.11. The average Bonchev–Trinajstić information content (AvgIpc) is 2.40. The molecule has 0 aromatic carbocycles. The minimum atomic E-state index is 0.702. The molecule has 0 aliphatic rings. The Morgan fingerprint density at radius 1 is 1.00 bits per heavy atom. The first-order chi connectivity index (χ1) is 8.85. The van der Waals surface area contributed by atoms with Gasteiger partial charge in [-0.15, -0.1) is 0 Å². The van der Waals surface area contributed by atoms with Gasteiger partial charge in [0, 0.05) is 13.7 Å². The molecule has 3 heteroatoms. The number of hydrogen-bond donors (Lipinski definition) is 1. The number of ether oxygens (including phenoxy) is 2. The predicted octanol–water partition coefficient (Wildman–Crippen LogP) is 3.24. The lowest BCUT2D eigenvalue weighted by molar-refractivity contribution is 0.0688. The molecular weight excluding hydrogens is 226 g/mol. The van der Waals surface area contributed by atoms with Crippen LogP contribution in [-0.2, 0) is 9.47 Å². The van der Waals surface area contributed by atoms with Crippen molar-refractivity contribution in [2.45, 2.75) is 52.4 Å². The molecule has 0 saturated carbocycles. The smallest absolute Gasteiger partial charge is 0.0700 e. The fourth-order valence-electron chi connectivity index (χ4n) is 1.95. The van der Waals surface area contributed by atoms with Crippen molar-refractivity contribution in [3.63, 3.8) is 0 Å². The van der Waals surface area contributed by atoms with Crippen molar-refractivity contribution in [2.75, 3.05) is 40.0 Å². The maximum Gasteiger partial charge on any atom is 0.0700 e. The molecule has 0 aliphatic carbocycles. The van der Waals surface area contributed by atoms with Gasteiger partial charge >= 0.3 is 0 Å². The van der Waals surface area contributed by atoms with Crippen LogP contribution in [0.5, 0.6) is 0 Å². The monoisotopic (exact) mass is 259 g/mol. The van der Waals surface area contributed by atoms with Crippen molar-refractivity contribution < 1.29 is 9.47 Å². The third-order valence-corrected chi connectivity index (χ3v) is 3.30. The summed E-state index contributed by atoms with van der Waals surface area (Å²) >= 11 is 0. The molecule has 0 rings (SSSR count). The maximum atomic E-state index is 5.42. The van der Waals surface area contributed by atoms with Crippen molar-refractivity contribution in [1.82, 2.24) is 5.32 Å². The van der Waals surface area contributed by atoms with Crippen LogP contribution in [0.15, 0.2) is 0 Å². The molecule has 0 aliphatic heterocycles. The first kappa shape index (κ1) is 17.9. The van der Waals surface area contributed by atoms with Gasteiger partial charge in [-0.25, -0.2) is 0 Å². The lowest BCUT2D eigenvalue weighted by Gasteiger charge is -2.15. The van der Waals surface area contributed by atoms with E-state index >= 15 is 0 Å². The van der Waals surface area contributed by atoms with Crippen molar-refractivity contribution >= 4 is 0 Å². The van der Waals surface area contributed by atoms with Crippen LogP contribution in [0, 0.1) is 5.92 Å². The summed E-state index contributed by atoms with van der Waals surface area (Å²) < 4.78 is 10.3. The molecule has 0 fully saturated rings. The lowest BCUT2D eigenvalue weighted by atomic mass is 9.99. The van der Waals surface area contributed by atoms with Gasteiger partial charge in [0.1, 0.15) is 0 Å². The SMILES string of the molecule is CCCCC(CC)CNCCCCOCCOC. The van der Waals surface area contributed by atoms with Crippen LogP contribution in [0.1, 0.15) is 52.4 Å². The molecule has 0 aromatic heterocycles. The Hall–Kier alpha value is -0.120. The third kappa shape index (κ3) is 12.3. The van der Waals surface area contributed by atoms with Crippen molar-refractivity contribution in [3.05, 3.63) is 0 Å². The number of nitrogens with one attached hydrogen (secondary N) is 1. The molecule has 110 valence electrons. The zero-order valence-corrected chi connectivity index (χ0v) is 12.7. The summed E-state index contributed by atoms with van der Waals surface area (Å²) in [5.74, 6) is 0.864. The molecule has 0 spiro atoms. The minimum absolute atomic E-state index is 0.702. The zero-order chi connectivity index (χ0) is 13.5. The summed E-state index contributed by atoms with van der Waals surface area (Å²) in [6.45, 7) is 9.15. The molecule has 1 unspecified atom stereocenters. The van der Waals surface area contributed by atoms with Crippen LogP contribution in [0.3, 0.4) is 0 Å². The van der Waals surface area contributed by atoms with Gasteiger partial charge in [-0.3, -0.25) is 0 Å². The minimum Gasteiger partial charge on any atom is -0.382 e. The first-order valence-corrected chi connectivity index (χ1v) is 7.62. The molecule has 1 N–H and O–H groups in total. The van der Waals surface area contributed by atoms with E-state index in [1.54, 1.807) is 7.11 Å². The van der Waals surface area contributed by atoms with E-state index < -0.39 is 0 Å². The summed E-state index contributed by atoms with van der Waals surface area (Å²) in [6, 6.07) is 0. The topological polar surface area (TPSA) is 30.5 Å². The van der Waals surface area contributed by atoms with Crippen LogP contribution in [-0.4, -0.2) is 40.0 Å². The van der Waals surface area contributed by atoms with Crippen molar-refractivity contribution in [2.24, 2.45) is 5.92 Å². The summed E-state index contributed by atoms with van der Waals surface area (Å²) in [6.07, 6.45) is 7.70. The van der Waals surface area contributed by atoms with Gasteiger partial charge in [0.25, 0.3) is 0 Å². The zero-order valence-electron chi connectivity index (χ0n) is 12.7. The van der Waals surface area contributed by atoms with Crippen molar-refractivity contribution in [3.8, 4) is 0 Å². The molecule has 0 radical (unpaired) electrons. The quantitative estimate of drug-likeness (QED) is 0.486. The molecule has 1 atom stereocenters. The number of rotatable bonds is 14. The summed E-state index contributed by atoms with van der Waals surface area (Å²) in [5.41, 5.74) is 0. The van der Waals surface area contributed by atoms with Gasteiger partial charge in [-0.2, -0.15) is 0 Å². The normalized spacial score (nSPS) is 12.8. The van der Waals surface area contributed by atoms with Gasteiger partial charge in [-0.1, -0.05) is 33.1 Å². The van der Waals surface area contributed by atoms with E-state index in [4.69, 9.17) is 9.47 Å². The Morgan fingerprint density at radius 2 is 1.83 bits per heavy atom. The number of hydrogen-bond acceptors (Lipinski definition) is 3. The van der Waals surface area contributed by atoms with E-state index in [2.05, 4.69) is 19.2 Å². The van der Waals surface area contributed by atoms with Crippen LogP contribution in [0.2, 0.25) is 0 Å². The van der Waals surface area contributed by atoms with Gasteiger partial charge in [0.2, 0.25) is 0 Å². The van der Waals surface area contributed by atoms with E-state index in [0.717, 1.165) is 32.1 Å². The van der Waals surface area contributed by atoms with Crippen LogP contribution in [0.4, 0.5) is 0 Å². The fraction of sp³-hybridized carbons (Fsp3) is 1.00. The Kier molecular flexibility index (Phi) is 14.8. The van der Waals surface area contributed by atoms with Gasteiger partial charge < -0.3 is 14.8 Å². The van der Waals surface area contributed by atoms with Crippen LogP contribution >= 0.6 is 0 Å². The Balaban J connectivity index is 3.17. The highest BCUT2D eigenvalue weighted by Gasteiger charge is 2.04. The number of methoxy groups -OCH3 is 1. The molecule has 0 amide bonds. The number of unbranched alkanes of at least 4 members (excludes halogenated alkanes) is 2. The molecular formula is C15H33NO2. The van der Waals surface area contributed by atoms with Crippen LogP contribution < -0.4 is 5.32 Å². The van der Waals surface area contributed by atoms with E-state index in [0.29, 0.717) is 6.61 Å². The van der Waals surface area contributed by atoms with Gasteiger partial charge in [-0.05, 0) is 38.3 Å². The van der Waals surface area contributed by atoms with Crippen LogP contribution in [0.25, 0.3) is 0 Å². The molecule has 0 bridgehead atoms.